The number of hydrogen-bond donors (Lipinski definition) is 1. The second-order valence-electron chi connectivity index (χ2n) is 11.9. The minimum absolute atomic E-state index is 0.0163. The summed E-state index contributed by atoms with van der Waals surface area (Å²) in [6.45, 7) is 5.77. The number of primary sulfonamides is 1. The lowest BCUT2D eigenvalue weighted by Crippen LogP contribution is -2.40. The van der Waals surface area contributed by atoms with Crippen molar-refractivity contribution in [3.05, 3.63) is 99.3 Å². The van der Waals surface area contributed by atoms with Crippen LogP contribution in [0.2, 0.25) is 10.0 Å². The van der Waals surface area contributed by atoms with Gasteiger partial charge in [-0.3, -0.25) is 14.3 Å². The number of carbonyl (C=O) groups is 1. The van der Waals surface area contributed by atoms with Gasteiger partial charge in [0.1, 0.15) is 10.6 Å². The van der Waals surface area contributed by atoms with Crippen LogP contribution < -0.4 is 5.14 Å². The quantitative estimate of drug-likeness (QED) is 0.188. The number of aromatic nitrogens is 2. The molecule has 0 saturated carbocycles. The molecule has 2 heterocycles. The summed E-state index contributed by atoms with van der Waals surface area (Å²) < 4.78 is 85.3. The largest absolute Gasteiger partial charge is 0.379 e. The van der Waals surface area contributed by atoms with Crippen LogP contribution in [0.1, 0.15) is 30.7 Å². The predicted octanol–water partition coefficient (Wildman–Crippen LogP) is 5.40. The lowest BCUT2D eigenvalue weighted by molar-refractivity contribution is -0.118. The third kappa shape index (κ3) is 8.53. The first kappa shape index (κ1) is 37.4. The molecule has 0 bridgehead atoms. The van der Waals surface area contributed by atoms with Crippen molar-refractivity contribution in [2.24, 2.45) is 5.14 Å². The zero-order chi connectivity index (χ0) is 35.7. The van der Waals surface area contributed by atoms with Crippen LogP contribution in [0.4, 0.5) is 8.78 Å². The van der Waals surface area contributed by atoms with Crippen LogP contribution in [0, 0.1) is 11.6 Å². The highest BCUT2D eigenvalue weighted by Gasteiger charge is 2.31. The van der Waals surface area contributed by atoms with Crippen LogP contribution in [0.3, 0.4) is 0 Å². The fourth-order valence-electron chi connectivity index (χ4n) is 5.35. The van der Waals surface area contributed by atoms with Crippen molar-refractivity contribution in [1.82, 2.24) is 14.5 Å². The summed E-state index contributed by atoms with van der Waals surface area (Å²) in [6, 6.07) is 12.0. The van der Waals surface area contributed by atoms with E-state index in [1.165, 1.54) is 42.1 Å². The summed E-state index contributed by atoms with van der Waals surface area (Å²) in [6.07, 6.45) is 1.57. The number of sulfonamides is 1. The van der Waals surface area contributed by atoms with Crippen molar-refractivity contribution in [2.75, 3.05) is 38.6 Å². The van der Waals surface area contributed by atoms with Gasteiger partial charge in [-0.05, 0) is 47.5 Å². The number of ketones is 1. The summed E-state index contributed by atoms with van der Waals surface area (Å²) in [5.74, 6) is -2.98. The number of ether oxygens (including phenoxy) is 1. The average Bonchev–Trinajstić information content (AvgIpc) is 3.46. The van der Waals surface area contributed by atoms with E-state index in [0.29, 0.717) is 48.3 Å². The standard InChI is InChI=1S/C32H32Cl2F2N4O6S3/c1-32(2,21-4-8-29(26(34)13-21)49(37,44)45)30-16-38-31(40(30)22-5-7-27(35)28(36)14-22)47-18-20-3-6-24(15-25(20)33)48(42,43)19-23(41)17-39-9-11-46-12-10-39/h3-8,13-16H,9-12,17-19H2,1-2H3,(H2,37,44,45). The number of benzene rings is 3. The van der Waals surface area contributed by atoms with Gasteiger partial charge < -0.3 is 4.74 Å². The zero-order valence-electron chi connectivity index (χ0n) is 26.3. The number of thioether (sulfide) groups is 1. The molecule has 0 radical (unpaired) electrons. The van der Waals surface area contributed by atoms with Gasteiger partial charge in [-0.2, -0.15) is 0 Å². The Hall–Kier alpha value is -2.89. The first-order valence-corrected chi connectivity index (χ1v) is 19.7. The molecule has 10 nitrogen and oxygen atoms in total. The van der Waals surface area contributed by atoms with E-state index in [4.69, 9.17) is 33.1 Å². The van der Waals surface area contributed by atoms with Gasteiger partial charge in [-0.15, -0.1) is 0 Å². The van der Waals surface area contributed by atoms with Crippen LogP contribution in [-0.4, -0.2) is 75.7 Å². The number of rotatable bonds is 12. The molecule has 0 unspecified atom stereocenters. The van der Waals surface area contributed by atoms with Gasteiger partial charge in [0.2, 0.25) is 10.0 Å². The molecular weight excluding hydrogens is 741 g/mol. The van der Waals surface area contributed by atoms with Gasteiger partial charge in [-0.25, -0.2) is 35.7 Å². The van der Waals surface area contributed by atoms with Crippen LogP contribution in [0.5, 0.6) is 0 Å². The number of morpholine rings is 1. The highest BCUT2D eigenvalue weighted by Crippen LogP contribution is 2.39. The Balaban J connectivity index is 1.42. The SMILES string of the molecule is CC(C)(c1ccc(S(N)(=O)=O)c(Cl)c1)c1cnc(SCc2ccc(S(=O)(=O)CC(=O)CN3CCOCC3)cc2Cl)n1-c1ccc(F)c(F)c1. The molecule has 3 aromatic carbocycles. The van der Waals surface area contributed by atoms with Crippen molar-refractivity contribution in [1.29, 1.82) is 0 Å². The third-order valence-electron chi connectivity index (χ3n) is 8.09. The van der Waals surface area contributed by atoms with Crippen LogP contribution in [0.15, 0.2) is 75.7 Å². The zero-order valence-corrected chi connectivity index (χ0v) is 30.3. The minimum atomic E-state index is -4.07. The molecule has 1 aliphatic heterocycles. The Morgan fingerprint density at radius 3 is 2.33 bits per heavy atom. The van der Waals surface area contributed by atoms with E-state index < -0.39 is 48.4 Å². The van der Waals surface area contributed by atoms with Crippen LogP contribution >= 0.6 is 35.0 Å². The smallest absolute Gasteiger partial charge is 0.239 e. The van der Waals surface area contributed by atoms with Crippen molar-refractivity contribution >= 4 is 60.6 Å². The monoisotopic (exact) mass is 772 g/mol. The van der Waals surface area contributed by atoms with E-state index in [-0.39, 0.29) is 37.8 Å². The molecule has 0 amide bonds. The molecule has 262 valence electrons. The number of halogens is 4. The summed E-state index contributed by atoms with van der Waals surface area (Å²) in [5.41, 5.74) is 1.06. The number of Topliss-reactive ketones (excluding diaryl/α,β-unsaturated/α-hetero) is 1. The number of hydrogen-bond acceptors (Lipinski definition) is 9. The molecule has 1 saturated heterocycles. The molecule has 4 aromatic rings. The number of nitrogens with zero attached hydrogens (tertiary/aromatic N) is 3. The van der Waals surface area contributed by atoms with Crippen LogP contribution in [-0.2, 0) is 40.6 Å². The van der Waals surface area contributed by atoms with Gasteiger partial charge in [-0.1, -0.05) is 60.9 Å². The van der Waals surface area contributed by atoms with E-state index >= 15 is 0 Å². The highest BCUT2D eigenvalue weighted by atomic mass is 35.5. The Morgan fingerprint density at radius 2 is 1.69 bits per heavy atom. The minimum Gasteiger partial charge on any atom is -0.379 e. The molecule has 1 aliphatic rings. The van der Waals surface area contributed by atoms with Crippen molar-refractivity contribution in [3.63, 3.8) is 0 Å². The van der Waals surface area contributed by atoms with E-state index in [0.717, 1.165) is 12.1 Å². The first-order valence-electron chi connectivity index (χ1n) is 14.8. The normalized spacial score (nSPS) is 14.7. The maximum absolute atomic E-state index is 14.5. The summed E-state index contributed by atoms with van der Waals surface area (Å²) in [4.78, 5) is 18.6. The number of nitrogens with two attached hydrogens (primary N) is 1. The lowest BCUT2D eigenvalue weighted by atomic mass is 9.81. The van der Waals surface area contributed by atoms with Gasteiger partial charge in [0.15, 0.2) is 32.4 Å². The molecule has 17 heteroatoms. The fraction of sp³-hybridized carbons (Fsp3) is 0.312. The number of sulfone groups is 1. The lowest BCUT2D eigenvalue weighted by Gasteiger charge is -2.28. The van der Waals surface area contributed by atoms with Gasteiger partial charge in [0, 0.05) is 35.3 Å². The molecule has 1 aromatic heterocycles. The average molecular weight is 774 g/mol. The fourth-order valence-corrected chi connectivity index (χ4v) is 9.08. The molecule has 0 aliphatic carbocycles. The van der Waals surface area contributed by atoms with Crippen molar-refractivity contribution in [3.8, 4) is 5.69 Å². The van der Waals surface area contributed by atoms with Gasteiger partial charge >= 0.3 is 0 Å². The molecule has 49 heavy (non-hydrogen) atoms. The van der Waals surface area contributed by atoms with Crippen molar-refractivity contribution < 1.29 is 35.1 Å². The highest BCUT2D eigenvalue weighted by molar-refractivity contribution is 7.98. The van der Waals surface area contributed by atoms with Gasteiger partial charge in [0.05, 0.1) is 47.3 Å². The Morgan fingerprint density at radius 1 is 0.980 bits per heavy atom. The summed E-state index contributed by atoms with van der Waals surface area (Å²) in [5, 5.41) is 5.73. The molecular formula is C32H32Cl2F2N4O6S3. The van der Waals surface area contributed by atoms with E-state index in [9.17, 15) is 30.4 Å². The van der Waals surface area contributed by atoms with E-state index in [2.05, 4.69) is 4.98 Å². The predicted molar refractivity (Wildman–Crippen MR) is 184 cm³/mol. The molecule has 2 N–H and O–H groups in total. The Labute approximate surface area is 297 Å². The second kappa shape index (κ2) is 14.8. The Bertz CT molecular complexity index is 2120. The van der Waals surface area contributed by atoms with E-state index in [1.54, 1.807) is 22.9 Å². The number of imidazole rings is 1. The molecule has 1 fully saturated rings. The molecule has 5 rings (SSSR count). The third-order valence-corrected chi connectivity index (χ3v) is 12.5. The summed E-state index contributed by atoms with van der Waals surface area (Å²) >= 11 is 14.0. The maximum Gasteiger partial charge on any atom is 0.239 e. The Kier molecular flexibility index (Phi) is 11.3. The molecule has 0 atom stereocenters. The van der Waals surface area contributed by atoms with Gasteiger partial charge in [0.25, 0.3) is 0 Å². The topological polar surface area (TPSA) is 142 Å². The first-order chi connectivity index (χ1) is 23.0. The van der Waals surface area contributed by atoms with E-state index in [1.807, 2.05) is 18.7 Å². The second-order valence-corrected chi connectivity index (χ2v) is 17.2. The maximum atomic E-state index is 14.5. The number of carbonyl (C=O) groups excluding carboxylic acids is 1. The van der Waals surface area contributed by atoms with Crippen LogP contribution in [0.25, 0.3) is 5.69 Å². The molecule has 0 spiro atoms. The summed E-state index contributed by atoms with van der Waals surface area (Å²) in [7, 11) is -8.02. The van der Waals surface area contributed by atoms with Crippen molar-refractivity contribution in [2.45, 2.75) is 40.0 Å².